The van der Waals surface area contributed by atoms with Gasteiger partial charge in [0.25, 0.3) is 0 Å². The number of rotatable bonds is 5. The second kappa shape index (κ2) is 6.98. The predicted molar refractivity (Wildman–Crippen MR) is 84.8 cm³/mol. The number of urea groups is 1. The number of aryl methyl sites for hydroxylation is 1. The van der Waals surface area contributed by atoms with Crippen LogP contribution in [0.4, 0.5) is 4.79 Å². The van der Waals surface area contributed by atoms with Crippen molar-refractivity contribution in [3.63, 3.8) is 0 Å². The standard InChI is InChI=1S/C16H22N4O2/c1-11(2)18-16(21)19-14(15-17-9-10-20(15)3)12-7-5-6-8-13(12)22-4/h5-11,14H,1-4H3,(H2,18,19,21). The molecule has 0 fully saturated rings. The molecule has 2 amide bonds. The first-order valence-electron chi connectivity index (χ1n) is 7.20. The molecular weight excluding hydrogens is 280 g/mol. The largest absolute Gasteiger partial charge is 0.496 e. The molecule has 1 atom stereocenters. The molecule has 0 aliphatic carbocycles. The van der Waals surface area contributed by atoms with Crippen molar-refractivity contribution in [1.29, 1.82) is 0 Å². The Labute approximate surface area is 130 Å². The van der Waals surface area contributed by atoms with Crippen molar-refractivity contribution in [3.8, 4) is 5.75 Å². The van der Waals surface area contributed by atoms with E-state index in [1.54, 1.807) is 13.3 Å². The maximum absolute atomic E-state index is 12.1. The van der Waals surface area contributed by atoms with E-state index in [2.05, 4.69) is 15.6 Å². The van der Waals surface area contributed by atoms with Crippen molar-refractivity contribution in [2.24, 2.45) is 7.05 Å². The predicted octanol–water partition coefficient (Wildman–Crippen LogP) is 2.23. The van der Waals surface area contributed by atoms with Crippen LogP contribution in [-0.2, 0) is 7.05 Å². The first-order chi connectivity index (χ1) is 10.5. The molecule has 0 bridgehead atoms. The summed E-state index contributed by atoms with van der Waals surface area (Å²) in [7, 11) is 3.51. The van der Waals surface area contributed by atoms with Crippen LogP contribution in [0.1, 0.15) is 31.3 Å². The third kappa shape index (κ3) is 3.58. The minimum Gasteiger partial charge on any atom is -0.496 e. The summed E-state index contributed by atoms with van der Waals surface area (Å²) in [5.74, 6) is 1.45. The number of carbonyl (C=O) groups excluding carboxylic acids is 1. The minimum absolute atomic E-state index is 0.0553. The molecular formula is C16H22N4O2. The van der Waals surface area contributed by atoms with E-state index in [-0.39, 0.29) is 12.1 Å². The van der Waals surface area contributed by atoms with Crippen LogP contribution in [0.15, 0.2) is 36.7 Å². The van der Waals surface area contributed by atoms with Gasteiger partial charge in [-0.15, -0.1) is 0 Å². The molecule has 1 heterocycles. The molecule has 1 aromatic heterocycles. The molecule has 0 radical (unpaired) electrons. The van der Waals surface area contributed by atoms with Crippen molar-refractivity contribution in [2.75, 3.05) is 7.11 Å². The first-order valence-corrected chi connectivity index (χ1v) is 7.20. The number of imidazole rings is 1. The number of ether oxygens (including phenoxy) is 1. The van der Waals surface area contributed by atoms with Gasteiger partial charge in [-0.25, -0.2) is 9.78 Å². The van der Waals surface area contributed by atoms with Crippen molar-refractivity contribution in [1.82, 2.24) is 20.2 Å². The fourth-order valence-electron chi connectivity index (χ4n) is 2.28. The number of para-hydroxylation sites is 1. The number of benzene rings is 1. The molecule has 0 spiro atoms. The van der Waals surface area contributed by atoms with Gasteiger partial charge in [-0.2, -0.15) is 0 Å². The fourth-order valence-corrected chi connectivity index (χ4v) is 2.28. The number of methoxy groups -OCH3 is 1. The monoisotopic (exact) mass is 302 g/mol. The molecule has 1 aromatic carbocycles. The Kier molecular flexibility index (Phi) is 5.04. The van der Waals surface area contributed by atoms with E-state index in [0.717, 1.165) is 11.4 Å². The molecule has 0 saturated carbocycles. The Morgan fingerprint density at radius 2 is 2.00 bits per heavy atom. The molecule has 1 unspecified atom stereocenters. The number of hydrogen-bond donors (Lipinski definition) is 2. The Morgan fingerprint density at radius 1 is 1.27 bits per heavy atom. The number of nitrogens with zero attached hydrogens (tertiary/aromatic N) is 2. The van der Waals surface area contributed by atoms with Crippen LogP contribution in [-0.4, -0.2) is 28.7 Å². The summed E-state index contributed by atoms with van der Waals surface area (Å²) in [6.07, 6.45) is 3.56. The highest BCUT2D eigenvalue weighted by Gasteiger charge is 2.23. The van der Waals surface area contributed by atoms with Crippen LogP contribution in [0.5, 0.6) is 5.75 Å². The minimum atomic E-state index is -0.394. The van der Waals surface area contributed by atoms with Gasteiger partial charge in [0.2, 0.25) is 0 Å². The summed E-state index contributed by atoms with van der Waals surface area (Å²) in [5, 5.41) is 5.80. The van der Waals surface area contributed by atoms with Crippen LogP contribution in [0, 0.1) is 0 Å². The average Bonchev–Trinajstić information content (AvgIpc) is 2.90. The van der Waals surface area contributed by atoms with Gasteiger partial charge >= 0.3 is 6.03 Å². The summed E-state index contributed by atoms with van der Waals surface area (Å²) in [5.41, 5.74) is 0.859. The zero-order valence-corrected chi connectivity index (χ0v) is 13.3. The van der Waals surface area contributed by atoms with Crippen LogP contribution >= 0.6 is 0 Å². The lowest BCUT2D eigenvalue weighted by atomic mass is 10.0. The van der Waals surface area contributed by atoms with Gasteiger partial charge in [0.15, 0.2) is 0 Å². The Balaban J connectivity index is 2.38. The van der Waals surface area contributed by atoms with Gasteiger partial charge in [-0.1, -0.05) is 18.2 Å². The van der Waals surface area contributed by atoms with Gasteiger partial charge in [0.1, 0.15) is 17.6 Å². The smallest absolute Gasteiger partial charge is 0.315 e. The molecule has 6 nitrogen and oxygen atoms in total. The van der Waals surface area contributed by atoms with Gasteiger partial charge in [0.05, 0.1) is 7.11 Å². The lowest BCUT2D eigenvalue weighted by molar-refractivity contribution is 0.235. The summed E-state index contributed by atoms with van der Waals surface area (Å²) in [6.45, 7) is 3.83. The van der Waals surface area contributed by atoms with E-state index in [1.165, 1.54) is 0 Å². The average molecular weight is 302 g/mol. The van der Waals surface area contributed by atoms with Crippen molar-refractivity contribution >= 4 is 6.03 Å². The molecule has 22 heavy (non-hydrogen) atoms. The normalized spacial score (nSPS) is 12.0. The molecule has 2 rings (SSSR count). The van der Waals surface area contributed by atoms with E-state index in [9.17, 15) is 4.79 Å². The summed E-state index contributed by atoms with van der Waals surface area (Å²) in [6, 6.07) is 7.02. The molecule has 118 valence electrons. The maximum atomic E-state index is 12.1. The maximum Gasteiger partial charge on any atom is 0.315 e. The van der Waals surface area contributed by atoms with Crippen molar-refractivity contribution < 1.29 is 9.53 Å². The van der Waals surface area contributed by atoms with Crippen molar-refractivity contribution in [3.05, 3.63) is 48.0 Å². The Hall–Kier alpha value is -2.50. The highest BCUT2D eigenvalue weighted by molar-refractivity contribution is 5.75. The molecule has 0 aliphatic heterocycles. The van der Waals surface area contributed by atoms with Crippen LogP contribution in [0.2, 0.25) is 0 Å². The number of amides is 2. The van der Waals surface area contributed by atoms with Crippen LogP contribution in [0.25, 0.3) is 0 Å². The molecule has 2 aromatic rings. The first kappa shape index (κ1) is 15.9. The summed E-state index contributed by atoms with van der Waals surface area (Å²) >= 11 is 0. The number of carbonyl (C=O) groups is 1. The zero-order chi connectivity index (χ0) is 16.1. The van der Waals surface area contributed by atoms with Gasteiger partial charge < -0.3 is 19.9 Å². The van der Waals surface area contributed by atoms with Gasteiger partial charge in [-0.3, -0.25) is 0 Å². The highest BCUT2D eigenvalue weighted by atomic mass is 16.5. The Morgan fingerprint density at radius 3 is 2.59 bits per heavy atom. The number of hydrogen-bond acceptors (Lipinski definition) is 3. The fraction of sp³-hybridized carbons (Fsp3) is 0.375. The number of nitrogens with one attached hydrogen (secondary N) is 2. The van der Waals surface area contributed by atoms with E-state index in [4.69, 9.17) is 4.74 Å². The lowest BCUT2D eigenvalue weighted by Gasteiger charge is -2.22. The topological polar surface area (TPSA) is 68.2 Å². The van der Waals surface area contributed by atoms with E-state index >= 15 is 0 Å². The second-order valence-corrected chi connectivity index (χ2v) is 5.34. The van der Waals surface area contributed by atoms with Gasteiger partial charge in [-0.05, 0) is 19.9 Å². The SMILES string of the molecule is COc1ccccc1C(NC(=O)NC(C)C)c1nccn1C. The third-order valence-corrected chi connectivity index (χ3v) is 3.26. The van der Waals surface area contributed by atoms with Crippen molar-refractivity contribution in [2.45, 2.75) is 25.9 Å². The Bertz CT molecular complexity index is 637. The van der Waals surface area contributed by atoms with Gasteiger partial charge in [0, 0.05) is 31.0 Å². The van der Waals surface area contributed by atoms with E-state index < -0.39 is 6.04 Å². The molecule has 0 saturated heterocycles. The molecule has 0 aliphatic rings. The summed E-state index contributed by atoms with van der Waals surface area (Å²) in [4.78, 5) is 16.5. The van der Waals surface area contributed by atoms with Crippen LogP contribution < -0.4 is 15.4 Å². The highest BCUT2D eigenvalue weighted by Crippen LogP contribution is 2.28. The quantitative estimate of drug-likeness (QED) is 0.890. The van der Waals surface area contributed by atoms with E-state index in [0.29, 0.717) is 5.75 Å². The zero-order valence-electron chi connectivity index (χ0n) is 13.3. The second-order valence-electron chi connectivity index (χ2n) is 5.34. The third-order valence-electron chi connectivity index (χ3n) is 3.26. The van der Waals surface area contributed by atoms with E-state index in [1.807, 2.05) is 55.9 Å². The molecule has 2 N–H and O–H groups in total. The lowest BCUT2D eigenvalue weighted by Crippen LogP contribution is -2.42. The summed E-state index contributed by atoms with van der Waals surface area (Å²) < 4.78 is 7.30. The molecule has 6 heteroatoms. The number of aromatic nitrogens is 2. The van der Waals surface area contributed by atoms with Crippen LogP contribution in [0.3, 0.4) is 0 Å².